The first-order chi connectivity index (χ1) is 22.3. The molecule has 0 bridgehead atoms. The van der Waals surface area contributed by atoms with E-state index in [0.29, 0.717) is 0 Å². The second kappa shape index (κ2) is 35.2. The van der Waals surface area contributed by atoms with Crippen LogP contribution in [0.5, 0.6) is 0 Å². The summed E-state index contributed by atoms with van der Waals surface area (Å²) in [5, 5.41) is 10.1. The van der Waals surface area contributed by atoms with Gasteiger partial charge in [-0.05, 0) is 12.8 Å². The molecule has 2 rings (SSSR count). The molecule has 0 saturated carbocycles. The van der Waals surface area contributed by atoms with Crippen molar-refractivity contribution in [2.75, 3.05) is 12.8 Å². The van der Waals surface area contributed by atoms with Gasteiger partial charge in [-0.2, -0.15) is 0 Å². The van der Waals surface area contributed by atoms with E-state index in [9.17, 15) is 9.36 Å². The highest BCUT2D eigenvalue weighted by Crippen LogP contribution is 2.31. The minimum atomic E-state index is -4.10. The Bertz CT molecular complexity index is 904. The number of aliphatic carboxylic acids is 1. The molecule has 10 heteroatoms. The SMILES string of the molecule is CCCCCCCCCCCC[n+]1ccccc1.CCCCCCCCCCCC[n+]1ccccc1.O.O=C(O)CNCP(=O)(O)O. The third-order valence-corrected chi connectivity index (χ3v) is 8.32. The second-order valence-electron chi connectivity index (χ2n) is 12.2. The minimum Gasteiger partial charge on any atom is -0.480 e. The quantitative estimate of drug-likeness (QED) is 0.0453. The number of hydrogen-bond donors (Lipinski definition) is 4. The van der Waals surface area contributed by atoms with Crippen LogP contribution < -0.4 is 14.5 Å². The lowest BCUT2D eigenvalue weighted by molar-refractivity contribution is -0.697. The van der Waals surface area contributed by atoms with Gasteiger partial charge < -0.3 is 20.4 Å². The first-order valence-electron chi connectivity index (χ1n) is 18.1. The van der Waals surface area contributed by atoms with Crippen LogP contribution in [-0.4, -0.2) is 39.2 Å². The van der Waals surface area contributed by atoms with Crippen LogP contribution in [0.2, 0.25) is 0 Å². The molecule has 0 aromatic carbocycles. The van der Waals surface area contributed by atoms with Gasteiger partial charge in [0.2, 0.25) is 0 Å². The average Bonchev–Trinajstić information content (AvgIpc) is 3.04. The molecule has 0 unspecified atom stereocenters. The molecular weight excluding hydrogens is 613 g/mol. The van der Waals surface area contributed by atoms with E-state index in [0.717, 1.165) is 0 Å². The third-order valence-electron chi connectivity index (χ3n) is 7.69. The van der Waals surface area contributed by atoms with Crippen LogP contribution in [-0.2, 0) is 22.4 Å². The molecule has 0 saturated heterocycles. The highest BCUT2D eigenvalue weighted by atomic mass is 31.2. The fourth-order valence-corrected chi connectivity index (χ4v) is 5.44. The molecule has 0 aliphatic carbocycles. The Labute approximate surface area is 286 Å². The zero-order valence-corrected chi connectivity index (χ0v) is 30.6. The first kappa shape index (κ1) is 47.0. The van der Waals surface area contributed by atoms with Gasteiger partial charge in [0.25, 0.3) is 0 Å². The van der Waals surface area contributed by atoms with Gasteiger partial charge in [0.15, 0.2) is 24.8 Å². The van der Waals surface area contributed by atoms with Crippen LogP contribution >= 0.6 is 7.60 Å². The van der Waals surface area contributed by atoms with E-state index in [1.165, 1.54) is 142 Å². The first-order valence-corrected chi connectivity index (χ1v) is 19.9. The largest absolute Gasteiger partial charge is 0.480 e. The van der Waals surface area contributed by atoms with E-state index >= 15 is 0 Å². The summed E-state index contributed by atoms with van der Waals surface area (Å²) in [7, 11) is -4.10. The predicted molar refractivity (Wildman–Crippen MR) is 193 cm³/mol. The summed E-state index contributed by atoms with van der Waals surface area (Å²) in [6.07, 6.45) is 36.3. The molecule has 0 atom stereocenters. The van der Waals surface area contributed by atoms with Gasteiger partial charge in [-0.15, -0.1) is 0 Å². The Morgan fingerprint density at radius 3 is 1.13 bits per heavy atom. The van der Waals surface area contributed by atoms with Crippen LogP contribution in [0, 0.1) is 0 Å². The van der Waals surface area contributed by atoms with Crippen LogP contribution in [0.25, 0.3) is 0 Å². The summed E-state index contributed by atoms with van der Waals surface area (Å²) >= 11 is 0. The second-order valence-corrected chi connectivity index (χ2v) is 13.9. The highest BCUT2D eigenvalue weighted by Gasteiger charge is 2.11. The molecular formula is C37H70N3O6P+2. The molecule has 0 aliphatic rings. The third kappa shape index (κ3) is 38.2. The van der Waals surface area contributed by atoms with Crippen molar-refractivity contribution >= 4 is 13.6 Å². The number of hydrogen-bond acceptors (Lipinski definition) is 3. The topological polar surface area (TPSA) is 146 Å². The van der Waals surface area contributed by atoms with Crippen LogP contribution in [0.3, 0.4) is 0 Å². The zero-order chi connectivity index (χ0) is 34.0. The van der Waals surface area contributed by atoms with Gasteiger partial charge in [-0.25, -0.2) is 9.13 Å². The Balaban J connectivity index is 0. The van der Waals surface area contributed by atoms with Crippen molar-refractivity contribution < 1.29 is 38.9 Å². The van der Waals surface area contributed by atoms with E-state index in [2.05, 4.69) is 89.5 Å². The number of carbonyl (C=O) groups is 1. The molecule has 9 nitrogen and oxygen atoms in total. The number of aromatic nitrogens is 2. The molecule has 6 N–H and O–H groups in total. The maximum atomic E-state index is 10.1. The summed E-state index contributed by atoms with van der Waals surface area (Å²) in [5.41, 5.74) is 0. The fourth-order valence-electron chi connectivity index (χ4n) is 5.04. The van der Waals surface area contributed by atoms with Crippen LogP contribution in [0.1, 0.15) is 142 Å². The van der Waals surface area contributed by atoms with Crippen molar-refractivity contribution in [3.8, 4) is 0 Å². The molecule has 2 aromatic rings. The minimum absolute atomic E-state index is 0. The number of unbranched alkanes of at least 4 members (excludes halogenated alkanes) is 18. The molecule has 0 radical (unpaired) electrons. The van der Waals surface area contributed by atoms with Gasteiger partial charge in [0.05, 0.1) is 12.8 Å². The Kier molecular flexibility index (Phi) is 35.1. The highest BCUT2D eigenvalue weighted by molar-refractivity contribution is 7.51. The molecule has 0 spiro atoms. The number of carboxylic acid groups (broad SMARTS) is 1. The van der Waals surface area contributed by atoms with E-state index in [1.54, 1.807) is 0 Å². The lowest BCUT2D eigenvalue weighted by Crippen LogP contribution is -2.32. The summed E-state index contributed by atoms with van der Waals surface area (Å²) < 4.78 is 14.6. The van der Waals surface area contributed by atoms with Crippen molar-refractivity contribution in [3.05, 3.63) is 61.2 Å². The fraction of sp³-hybridized carbons (Fsp3) is 0.703. The monoisotopic (exact) mass is 683 g/mol. The number of aryl methyl sites for hydroxylation is 2. The average molecular weight is 684 g/mol. The summed E-state index contributed by atoms with van der Waals surface area (Å²) in [4.78, 5) is 26.1. The molecule has 2 aromatic heterocycles. The van der Waals surface area contributed by atoms with Gasteiger partial charge >= 0.3 is 13.6 Å². The zero-order valence-electron chi connectivity index (χ0n) is 29.7. The smallest absolute Gasteiger partial charge is 0.339 e. The van der Waals surface area contributed by atoms with Crippen molar-refractivity contribution in [1.82, 2.24) is 5.32 Å². The number of nitrogens with one attached hydrogen (secondary N) is 1. The van der Waals surface area contributed by atoms with Crippen molar-refractivity contribution in [2.45, 2.75) is 155 Å². The van der Waals surface area contributed by atoms with Gasteiger partial charge in [0, 0.05) is 37.1 Å². The maximum absolute atomic E-state index is 10.1. The molecule has 0 fully saturated rings. The summed E-state index contributed by atoms with van der Waals surface area (Å²) in [6, 6.07) is 12.6. The summed E-state index contributed by atoms with van der Waals surface area (Å²) in [6.45, 7) is 6.48. The van der Waals surface area contributed by atoms with Gasteiger partial charge in [-0.3, -0.25) is 14.7 Å². The Morgan fingerprint density at radius 1 is 0.553 bits per heavy atom. The molecule has 272 valence electrons. The van der Waals surface area contributed by atoms with Crippen molar-refractivity contribution in [1.29, 1.82) is 0 Å². The Morgan fingerprint density at radius 2 is 0.851 bits per heavy atom. The molecule has 47 heavy (non-hydrogen) atoms. The molecule has 2 heterocycles. The van der Waals surface area contributed by atoms with E-state index in [-0.39, 0.29) is 5.48 Å². The van der Waals surface area contributed by atoms with E-state index < -0.39 is 26.4 Å². The van der Waals surface area contributed by atoms with Gasteiger partial charge in [0.1, 0.15) is 13.1 Å². The predicted octanol–water partition coefficient (Wildman–Crippen LogP) is 7.76. The lowest BCUT2D eigenvalue weighted by Gasteiger charge is -2.02. The molecule has 0 amide bonds. The maximum Gasteiger partial charge on any atom is 0.339 e. The van der Waals surface area contributed by atoms with Crippen molar-refractivity contribution in [2.24, 2.45) is 0 Å². The standard InChI is InChI=1S/2C17H30N.C3H8NO5P.H2O/c2*1-2-3-4-5-6-7-8-9-10-12-15-18-16-13-11-14-17-18;5-3(6)1-4-2-10(7,8)9;/h2*11,13-14,16-17H,2-10,12,15H2,1H3;4H,1-2H2,(H,5,6)(H2,7,8,9);1H2/q2*+1;;. The summed E-state index contributed by atoms with van der Waals surface area (Å²) in [5.74, 6) is -1.14. The van der Waals surface area contributed by atoms with Crippen LogP contribution in [0.4, 0.5) is 0 Å². The van der Waals surface area contributed by atoms with E-state index in [4.69, 9.17) is 14.9 Å². The number of rotatable bonds is 26. The number of pyridine rings is 2. The number of carboxylic acids is 1. The molecule has 0 aliphatic heterocycles. The normalized spacial score (nSPS) is 10.6. The van der Waals surface area contributed by atoms with Crippen LogP contribution in [0.15, 0.2) is 61.2 Å². The number of nitrogens with zero attached hydrogens (tertiary/aromatic N) is 2. The lowest BCUT2D eigenvalue weighted by atomic mass is 10.1. The van der Waals surface area contributed by atoms with E-state index in [1.807, 2.05) is 0 Å². The van der Waals surface area contributed by atoms with Gasteiger partial charge in [-0.1, -0.05) is 129 Å². The van der Waals surface area contributed by atoms with Crippen molar-refractivity contribution in [3.63, 3.8) is 0 Å². The Hall–Kier alpha value is -2.16.